The summed E-state index contributed by atoms with van der Waals surface area (Å²) in [6, 6.07) is 0. The molecule has 0 radical (unpaired) electrons. The van der Waals surface area contributed by atoms with Gasteiger partial charge in [0.1, 0.15) is 0 Å². The summed E-state index contributed by atoms with van der Waals surface area (Å²) in [7, 11) is 0. The largest absolute Gasteiger partial charge is 0.304 e. The van der Waals surface area contributed by atoms with E-state index in [0.717, 1.165) is 5.92 Å². The van der Waals surface area contributed by atoms with Crippen molar-refractivity contribution in [2.75, 3.05) is 19.6 Å². The van der Waals surface area contributed by atoms with E-state index < -0.39 is 0 Å². The minimum absolute atomic E-state index is 0. The first-order valence-electron chi connectivity index (χ1n) is 4.05. The van der Waals surface area contributed by atoms with Gasteiger partial charge in [0.25, 0.3) is 0 Å². The Hall–Kier alpha value is -0.0400. The molecule has 1 aliphatic heterocycles. The first-order chi connectivity index (χ1) is 4.33. The van der Waals surface area contributed by atoms with Crippen LogP contribution in [-0.2, 0) is 0 Å². The van der Waals surface area contributed by atoms with Crippen molar-refractivity contribution in [3.05, 3.63) is 0 Å². The van der Waals surface area contributed by atoms with Crippen molar-refractivity contribution in [1.82, 2.24) is 4.90 Å². The molecule has 1 rings (SSSR count). The molecule has 1 heteroatoms. The van der Waals surface area contributed by atoms with Crippen molar-refractivity contribution in [3.8, 4) is 0 Å². The van der Waals surface area contributed by atoms with Gasteiger partial charge in [-0.05, 0) is 38.4 Å². The minimum Gasteiger partial charge on any atom is -0.304 e. The fourth-order valence-electron chi connectivity index (χ4n) is 1.38. The van der Waals surface area contributed by atoms with Gasteiger partial charge in [-0.25, -0.2) is 0 Å². The zero-order valence-electron chi connectivity index (χ0n) is 6.56. The van der Waals surface area contributed by atoms with Crippen LogP contribution in [0.2, 0.25) is 0 Å². The van der Waals surface area contributed by atoms with Gasteiger partial charge < -0.3 is 4.90 Å². The van der Waals surface area contributed by atoms with Crippen LogP contribution in [0.15, 0.2) is 0 Å². The Morgan fingerprint density at radius 3 is 2.20 bits per heavy atom. The second-order valence-corrected chi connectivity index (χ2v) is 3.12. The van der Waals surface area contributed by atoms with E-state index in [4.69, 9.17) is 0 Å². The summed E-state index contributed by atoms with van der Waals surface area (Å²) >= 11 is 0. The Kier molecular flexibility index (Phi) is 4.71. The maximum Gasteiger partial charge on any atom is -0.00163 e. The van der Waals surface area contributed by atoms with Gasteiger partial charge in [0.05, 0.1) is 0 Å². The molecule has 0 saturated carbocycles. The lowest BCUT2D eigenvalue weighted by Gasteiger charge is -2.28. The van der Waals surface area contributed by atoms with Gasteiger partial charge in [-0.1, -0.05) is 21.3 Å². The molecule has 1 fully saturated rings. The molecule has 0 amide bonds. The van der Waals surface area contributed by atoms with E-state index in [1.807, 2.05) is 0 Å². The molecule has 0 aromatic carbocycles. The van der Waals surface area contributed by atoms with E-state index in [2.05, 4.69) is 18.7 Å². The highest BCUT2D eigenvalue weighted by atomic mass is 15.1. The summed E-state index contributed by atoms with van der Waals surface area (Å²) in [5.74, 6) is 0.979. The maximum absolute atomic E-state index is 2.53. The SMILES string of the molecule is C.CCN1CCC(C)CC1. The van der Waals surface area contributed by atoms with Crippen molar-refractivity contribution >= 4 is 0 Å². The Labute approximate surface area is 65.4 Å². The summed E-state index contributed by atoms with van der Waals surface area (Å²) < 4.78 is 0. The van der Waals surface area contributed by atoms with Crippen molar-refractivity contribution < 1.29 is 0 Å². The third kappa shape index (κ3) is 2.70. The molecule has 1 heterocycles. The number of hydrogen-bond acceptors (Lipinski definition) is 1. The molecule has 0 N–H and O–H groups in total. The molecule has 1 nitrogen and oxygen atoms in total. The van der Waals surface area contributed by atoms with Crippen molar-refractivity contribution in [2.45, 2.75) is 34.1 Å². The third-order valence-corrected chi connectivity index (χ3v) is 2.32. The Balaban J connectivity index is 0.000000810. The second-order valence-electron chi connectivity index (χ2n) is 3.12. The van der Waals surface area contributed by atoms with Gasteiger partial charge >= 0.3 is 0 Å². The van der Waals surface area contributed by atoms with E-state index in [1.165, 1.54) is 32.5 Å². The topological polar surface area (TPSA) is 3.24 Å². The number of rotatable bonds is 1. The molecule has 1 aliphatic rings. The molecule has 0 spiro atoms. The van der Waals surface area contributed by atoms with Crippen LogP contribution in [0.25, 0.3) is 0 Å². The standard InChI is InChI=1S/C8H17N.CH4/c1-3-9-6-4-8(2)5-7-9;/h8H,3-7H2,1-2H3;1H4. The monoisotopic (exact) mass is 143 g/mol. The van der Waals surface area contributed by atoms with Crippen LogP contribution in [0.5, 0.6) is 0 Å². The van der Waals surface area contributed by atoms with Crippen LogP contribution in [0, 0.1) is 5.92 Å². The van der Waals surface area contributed by atoms with E-state index >= 15 is 0 Å². The van der Waals surface area contributed by atoms with Crippen LogP contribution >= 0.6 is 0 Å². The van der Waals surface area contributed by atoms with Crippen LogP contribution in [0.1, 0.15) is 34.1 Å². The molecule has 0 atom stereocenters. The highest BCUT2D eigenvalue weighted by Crippen LogP contribution is 2.14. The van der Waals surface area contributed by atoms with E-state index in [-0.39, 0.29) is 7.43 Å². The molecule has 0 aromatic heterocycles. The molecule has 0 aliphatic carbocycles. The van der Waals surface area contributed by atoms with Gasteiger partial charge in [-0.3, -0.25) is 0 Å². The molecule has 10 heavy (non-hydrogen) atoms. The zero-order chi connectivity index (χ0) is 6.69. The summed E-state index contributed by atoms with van der Waals surface area (Å²) in [4.78, 5) is 2.53. The van der Waals surface area contributed by atoms with Crippen molar-refractivity contribution in [1.29, 1.82) is 0 Å². The number of likely N-dealkylation sites (tertiary alicyclic amines) is 1. The second kappa shape index (κ2) is 4.73. The maximum atomic E-state index is 2.53. The van der Waals surface area contributed by atoms with E-state index in [1.54, 1.807) is 0 Å². The van der Waals surface area contributed by atoms with Crippen molar-refractivity contribution in [3.63, 3.8) is 0 Å². The Morgan fingerprint density at radius 1 is 1.30 bits per heavy atom. The summed E-state index contributed by atoms with van der Waals surface area (Å²) in [5, 5.41) is 0. The Bertz CT molecular complexity index is 72.8. The molecule has 0 bridgehead atoms. The van der Waals surface area contributed by atoms with E-state index in [9.17, 15) is 0 Å². The average Bonchev–Trinajstić information content (AvgIpc) is 1.90. The highest BCUT2D eigenvalue weighted by Gasteiger charge is 2.12. The van der Waals surface area contributed by atoms with Crippen LogP contribution < -0.4 is 0 Å². The quantitative estimate of drug-likeness (QED) is 0.544. The first-order valence-corrected chi connectivity index (χ1v) is 4.05. The van der Waals surface area contributed by atoms with Crippen LogP contribution in [-0.4, -0.2) is 24.5 Å². The molecule has 62 valence electrons. The summed E-state index contributed by atoms with van der Waals surface area (Å²) in [6.45, 7) is 8.51. The molecular weight excluding hydrogens is 122 g/mol. The smallest absolute Gasteiger partial charge is 0.00163 e. The summed E-state index contributed by atoms with van der Waals surface area (Å²) in [6.07, 6.45) is 2.82. The van der Waals surface area contributed by atoms with Gasteiger partial charge in [0, 0.05) is 0 Å². The number of piperidine rings is 1. The first kappa shape index (κ1) is 9.96. The predicted octanol–water partition coefficient (Wildman–Crippen LogP) is 2.37. The molecule has 0 aromatic rings. The molecular formula is C9H21N. The van der Waals surface area contributed by atoms with Crippen molar-refractivity contribution in [2.24, 2.45) is 5.92 Å². The van der Waals surface area contributed by atoms with Gasteiger partial charge in [-0.15, -0.1) is 0 Å². The lowest BCUT2D eigenvalue weighted by Crippen LogP contribution is -2.32. The van der Waals surface area contributed by atoms with Gasteiger partial charge in [-0.2, -0.15) is 0 Å². The lowest BCUT2D eigenvalue weighted by atomic mass is 9.99. The van der Waals surface area contributed by atoms with Gasteiger partial charge in [0.15, 0.2) is 0 Å². The predicted molar refractivity (Wildman–Crippen MR) is 47.2 cm³/mol. The minimum atomic E-state index is 0. The fourth-order valence-corrected chi connectivity index (χ4v) is 1.38. The third-order valence-electron chi connectivity index (χ3n) is 2.32. The zero-order valence-corrected chi connectivity index (χ0v) is 6.56. The fraction of sp³-hybridized carbons (Fsp3) is 1.00. The lowest BCUT2D eigenvalue weighted by molar-refractivity contribution is 0.201. The van der Waals surface area contributed by atoms with Crippen LogP contribution in [0.3, 0.4) is 0 Å². The van der Waals surface area contributed by atoms with Crippen LogP contribution in [0.4, 0.5) is 0 Å². The average molecular weight is 143 g/mol. The molecule has 1 saturated heterocycles. The Morgan fingerprint density at radius 2 is 1.80 bits per heavy atom. The number of nitrogens with zero attached hydrogens (tertiary/aromatic N) is 1. The molecule has 0 unspecified atom stereocenters. The summed E-state index contributed by atoms with van der Waals surface area (Å²) in [5.41, 5.74) is 0. The van der Waals surface area contributed by atoms with E-state index in [0.29, 0.717) is 0 Å². The van der Waals surface area contributed by atoms with Gasteiger partial charge in [0.2, 0.25) is 0 Å². The highest BCUT2D eigenvalue weighted by molar-refractivity contribution is 4.67. The normalized spacial score (nSPS) is 22.2. The number of hydrogen-bond donors (Lipinski definition) is 0.